The molecule has 5 heteroatoms. The van der Waals surface area contributed by atoms with Crippen LogP contribution in [0.1, 0.15) is 0 Å². The summed E-state index contributed by atoms with van der Waals surface area (Å²) in [7, 11) is 1.79. The summed E-state index contributed by atoms with van der Waals surface area (Å²) < 4.78 is 0. The lowest BCUT2D eigenvalue weighted by molar-refractivity contribution is 0.177. The maximum Gasteiger partial charge on any atom is 0.139 e. The van der Waals surface area contributed by atoms with E-state index in [2.05, 4.69) is 16.1 Å². The van der Waals surface area contributed by atoms with E-state index in [0.29, 0.717) is 12.4 Å². The molecule has 8 heavy (non-hydrogen) atoms. The van der Waals surface area contributed by atoms with Gasteiger partial charge in [-0.05, 0) is 0 Å². The minimum Gasteiger partial charge on any atom is -0.384 e. The zero-order chi connectivity index (χ0) is 5.98. The lowest BCUT2D eigenvalue weighted by Gasteiger charge is -2.09. The van der Waals surface area contributed by atoms with E-state index in [-0.39, 0.29) is 0 Å². The summed E-state index contributed by atoms with van der Waals surface area (Å²) in [5, 5.41) is 5.37. The Labute approximate surface area is 47.5 Å². The predicted octanol–water partition coefficient (Wildman–Crippen LogP) is -1.79. The maximum absolute atomic E-state index is 5.31. The number of nitrogens with one attached hydrogen (secondary N) is 2. The van der Waals surface area contributed by atoms with Crippen LogP contribution in [0.4, 0.5) is 0 Å². The molecule has 1 aliphatic rings. The van der Waals surface area contributed by atoms with E-state index in [1.165, 1.54) is 0 Å². The first-order valence-corrected chi connectivity index (χ1v) is 2.35. The van der Waals surface area contributed by atoms with Crippen LogP contribution in [-0.2, 0) is 0 Å². The highest BCUT2D eigenvalue weighted by molar-refractivity contribution is 5.82. The Morgan fingerprint density at radius 1 is 2.00 bits per heavy atom. The molecule has 0 aromatic rings. The minimum atomic E-state index is 0.597. The zero-order valence-corrected chi connectivity index (χ0v) is 4.68. The Kier molecular flexibility index (Phi) is 1.32. The largest absolute Gasteiger partial charge is 0.384 e. The van der Waals surface area contributed by atoms with E-state index in [0.717, 1.165) is 0 Å². The molecule has 0 aromatic carbocycles. The summed E-state index contributed by atoms with van der Waals surface area (Å²) in [4.78, 5) is 0. The van der Waals surface area contributed by atoms with Crippen LogP contribution in [0.15, 0.2) is 5.10 Å². The van der Waals surface area contributed by atoms with Crippen molar-refractivity contribution in [2.45, 2.75) is 0 Å². The van der Waals surface area contributed by atoms with Gasteiger partial charge in [-0.3, -0.25) is 0 Å². The van der Waals surface area contributed by atoms with Gasteiger partial charge in [-0.15, -0.1) is 10.2 Å². The van der Waals surface area contributed by atoms with Gasteiger partial charge in [0.15, 0.2) is 0 Å². The van der Waals surface area contributed by atoms with E-state index in [1.807, 2.05) is 0 Å². The lowest BCUT2D eigenvalue weighted by atomic mass is 10.6. The monoisotopic (exact) mass is 115 g/mol. The molecule has 0 aliphatic carbocycles. The first-order chi connectivity index (χ1) is 3.83. The fourth-order valence-electron chi connectivity index (χ4n) is 0.486. The summed E-state index contributed by atoms with van der Waals surface area (Å²) >= 11 is 0. The normalized spacial score (nSPS) is 20.4. The number of hydrogen-bond acceptors (Lipinski definition) is 5. The van der Waals surface area contributed by atoms with Crippen LogP contribution in [0.3, 0.4) is 0 Å². The Morgan fingerprint density at radius 2 is 2.75 bits per heavy atom. The van der Waals surface area contributed by atoms with Gasteiger partial charge >= 0.3 is 0 Å². The van der Waals surface area contributed by atoms with Crippen molar-refractivity contribution in [3.63, 3.8) is 0 Å². The standard InChI is InChI=1S/C3H9N5/c1-5-8-2-3(4)6-7-8/h5,7H,2H2,1H3,(H2,4,6). The zero-order valence-electron chi connectivity index (χ0n) is 4.68. The van der Waals surface area contributed by atoms with Gasteiger partial charge in [-0.2, -0.15) is 0 Å². The van der Waals surface area contributed by atoms with Gasteiger partial charge in [0.05, 0.1) is 6.54 Å². The fraction of sp³-hybridized carbons (Fsp3) is 0.667. The minimum absolute atomic E-state index is 0.597. The van der Waals surface area contributed by atoms with Crippen molar-refractivity contribution >= 4 is 5.84 Å². The SMILES string of the molecule is CNN1CC(N)=NN1. The molecule has 0 atom stereocenters. The van der Waals surface area contributed by atoms with Crippen molar-refractivity contribution in [2.75, 3.05) is 13.6 Å². The van der Waals surface area contributed by atoms with Crippen molar-refractivity contribution in [1.82, 2.24) is 16.1 Å². The van der Waals surface area contributed by atoms with Gasteiger partial charge in [0.1, 0.15) is 5.84 Å². The first kappa shape index (κ1) is 5.33. The van der Waals surface area contributed by atoms with E-state index >= 15 is 0 Å². The van der Waals surface area contributed by atoms with Crippen LogP contribution in [0.2, 0.25) is 0 Å². The second kappa shape index (κ2) is 1.97. The van der Waals surface area contributed by atoms with Crippen LogP contribution in [-0.4, -0.2) is 24.5 Å². The summed E-state index contributed by atoms with van der Waals surface area (Å²) in [6.07, 6.45) is 0. The molecule has 5 nitrogen and oxygen atoms in total. The van der Waals surface area contributed by atoms with Crippen LogP contribution in [0.5, 0.6) is 0 Å². The molecule has 1 heterocycles. The maximum atomic E-state index is 5.31. The predicted molar refractivity (Wildman–Crippen MR) is 30.5 cm³/mol. The number of rotatable bonds is 1. The van der Waals surface area contributed by atoms with E-state index in [4.69, 9.17) is 5.73 Å². The van der Waals surface area contributed by atoms with Gasteiger partial charge in [-0.1, -0.05) is 0 Å². The van der Waals surface area contributed by atoms with Crippen LogP contribution < -0.4 is 16.7 Å². The second-order valence-corrected chi connectivity index (χ2v) is 1.51. The molecule has 46 valence electrons. The molecule has 0 spiro atoms. The Morgan fingerprint density at radius 3 is 3.00 bits per heavy atom. The summed E-state index contributed by atoms with van der Waals surface area (Å²) in [6, 6.07) is 0. The number of hydrazone groups is 1. The molecular formula is C3H9N5. The highest BCUT2D eigenvalue weighted by Gasteiger charge is 2.08. The molecule has 1 rings (SSSR count). The number of hydrazine groups is 2. The van der Waals surface area contributed by atoms with Crippen molar-refractivity contribution in [2.24, 2.45) is 10.8 Å². The third-order valence-electron chi connectivity index (χ3n) is 0.904. The molecule has 1 aliphatic heterocycles. The molecule has 0 radical (unpaired) electrons. The highest BCUT2D eigenvalue weighted by Crippen LogP contribution is 1.82. The quantitative estimate of drug-likeness (QED) is 0.378. The van der Waals surface area contributed by atoms with Crippen molar-refractivity contribution in [3.8, 4) is 0 Å². The van der Waals surface area contributed by atoms with E-state index < -0.39 is 0 Å². The molecule has 0 unspecified atom stereocenters. The topological polar surface area (TPSA) is 65.7 Å². The summed E-state index contributed by atoms with van der Waals surface area (Å²) in [5.41, 5.74) is 10.8. The van der Waals surface area contributed by atoms with Crippen molar-refractivity contribution in [3.05, 3.63) is 0 Å². The molecule has 0 saturated heterocycles. The average Bonchev–Trinajstić information content (AvgIpc) is 2.14. The lowest BCUT2D eigenvalue weighted by Crippen LogP contribution is -2.41. The third kappa shape index (κ3) is 0.877. The second-order valence-electron chi connectivity index (χ2n) is 1.51. The van der Waals surface area contributed by atoms with Gasteiger partial charge < -0.3 is 5.73 Å². The van der Waals surface area contributed by atoms with Gasteiger partial charge in [0, 0.05) is 7.05 Å². The molecule has 4 N–H and O–H groups in total. The number of hydrogen-bond donors (Lipinski definition) is 3. The Balaban J connectivity index is 2.32. The van der Waals surface area contributed by atoms with Crippen molar-refractivity contribution in [1.29, 1.82) is 0 Å². The summed E-state index contributed by atoms with van der Waals surface area (Å²) in [6.45, 7) is 0.635. The summed E-state index contributed by atoms with van der Waals surface area (Å²) in [5.74, 6) is 0.597. The molecule has 0 aromatic heterocycles. The Hall–Kier alpha value is -0.810. The van der Waals surface area contributed by atoms with Crippen LogP contribution >= 0.6 is 0 Å². The van der Waals surface area contributed by atoms with Crippen LogP contribution in [0, 0.1) is 0 Å². The molecule has 0 amide bonds. The molecule has 0 saturated carbocycles. The molecular weight excluding hydrogens is 106 g/mol. The van der Waals surface area contributed by atoms with Gasteiger partial charge in [0.2, 0.25) is 0 Å². The van der Waals surface area contributed by atoms with Crippen molar-refractivity contribution < 1.29 is 0 Å². The first-order valence-electron chi connectivity index (χ1n) is 2.35. The number of nitrogens with zero attached hydrogens (tertiary/aromatic N) is 2. The average molecular weight is 115 g/mol. The Bertz CT molecular complexity index is 108. The van der Waals surface area contributed by atoms with Gasteiger partial charge in [-0.25, -0.2) is 11.0 Å². The molecule has 0 bridgehead atoms. The van der Waals surface area contributed by atoms with Gasteiger partial charge in [0.25, 0.3) is 0 Å². The third-order valence-corrected chi connectivity index (χ3v) is 0.904. The van der Waals surface area contributed by atoms with E-state index in [1.54, 1.807) is 12.2 Å². The van der Waals surface area contributed by atoms with E-state index in [9.17, 15) is 0 Å². The van der Waals surface area contributed by atoms with Crippen LogP contribution in [0.25, 0.3) is 0 Å². The smallest absolute Gasteiger partial charge is 0.139 e. The fourth-order valence-corrected chi connectivity index (χ4v) is 0.486. The highest BCUT2D eigenvalue weighted by atomic mass is 15.8. The molecule has 0 fully saturated rings. The number of amidine groups is 1. The number of nitrogens with two attached hydrogens (primary N) is 1.